The van der Waals surface area contributed by atoms with Crippen LogP contribution in [0.3, 0.4) is 0 Å². The van der Waals surface area contributed by atoms with E-state index < -0.39 is 5.97 Å². The first-order valence-corrected chi connectivity index (χ1v) is 7.19. The molecule has 1 aromatic rings. The van der Waals surface area contributed by atoms with Crippen LogP contribution in [0.5, 0.6) is 0 Å². The molecule has 2 N–H and O–H groups in total. The number of benzene rings is 1. The Morgan fingerprint density at radius 2 is 2.00 bits per heavy atom. The van der Waals surface area contributed by atoms with Crippen LogP contribution >= 0.6 is 0 Å². The minimum atomic E-state index is -0.637. The summed E-state index contributed by atoms with van der Waals surface area (Å²) in [5.74, 6) is -0.774. The van der Waals surface area contributed by atoms with E-state index in [0.29, 0.717) is 6.04 Å². The van der Waals surface area contributed by atoms with Crippen LogP contribution in [-0.4, -0.2) is 17.1 Å². The van der Waals surface area contributed by atoms with E-state index in [2.05, 4.69) is 37.4 Å². The molecule has 0 aliphatic heterocycles. The summed E-state index contributed by atoms with van der Waals surface area (Å²) < 4.78 is 0. The van der Waals surface area contributed by atoms with Crippen LogP contribution in [0.25, 0.3) is 0 Å². The molecule has 1 aliphatic carbocycles. The predicted octanol–water partition coefficient (Wildman–Crippen LogP) is 3.61. The summed E-state index contributed by atoms with van der Waals surface area (Å²) in [7, 11) is 0. The standard InChI is InChI=1S/C16H23NO2/c1-3-12-10-15(7-4-11(12)2)17-14-8-5-13(6-9-14)16(18)19/h4,7,10,13-14,17H,3,5-6,8-9H2,1-2H3,(H,18,19). The van der Waals surface area contributed by atoms with Gasteiger partial charge in [0.2, 0.25) is 0 Å². The second-order valence-corrected chi connectivity index (χ2v) is 5.53. The molecule has 3 heteroatoms. The maximum Gasteiger partial charge on any atom is 0.306 e. The molecule has 19 heavy (non-hydrogen) atoms. The van der Waals surface area contributed by atoms with Crippen molar-refractivity contribution in [1.29, 1.82) is 0 Å². The second kappa shape index (κ2) is 6.09. The summed E-state index contributed by atoms with van der Waals surface area (Å²) in [5.41, 5.74) is 3.88. The van der Waals surface area contributed by atoms with Crippen molar-refractivity contribution in [2.45, 2.75) is 52.0 Å². The fourth-order valence-corrected chi connectivity index (χ4v) is 2.86. The Morgan fingerprint density at radius 1 is 1.32 bits per heavy atom. The van der Waals surface area contributed by atoms with Crippen molar-refractivity contribution < 1.29 is 9.90 Å². The Balaban J connectivity index is 1.94. The highest BCUT2D eigenvalue weighted by Gasteiger charge is 2.25. The minimum absolute atomic E-state index is 0.137. The number of carboxylic acid groups (broad SMARTS) is 1. The van der Waals surface area contributed by atoms with Gasteiger partial charge in [-0.05, 0) is 62.3 Å². The van der Waals surface area contributed by atoms with Crippen LogP contribution in [0.15, 0.2) is 18.2 Å². The molecular weight excluding hydrogens is 238 g/mol. The lowest BCUT2D eigenvalue weighted by atomic mass is 9.86. The molecule has 3 nitrogen and oxygen atoms in total. The van der Waals surface area contributed by atoms with Gasteiger partial charge in [0.05, 0.1) is 5.92 Å². The third-order valence-electron chi connectivity index (χ3n) is 4.18. The van der Waals surface area contributed by atoms with Gasteiger partial charge in [-0.25, -0.2) is 0 Å². The van der Waals surface area contributed by atoms with Crippen LogP contribution in [0, 0.1) is 12.8 Å². The highest BCUT2D eigenvalue weighted by atomic mass is 16.4. The lowest BCUT2D eigenvalue weighted by Gasteiger charge is -2.27. The number of hydrogen-bond acceptors (Lipinski definition) is 2. The molecule has 0 atom stereocenters. The predicted molar refractivity (Wildman–Crippen MR) is 77.6 cm³/mol. The van der Waals surface area contributed by atoms with Gasteiger partial charge < -0.3 is 10.4 Å². The monoisotopic (exact) mass is 261 g/mol. The van der Waals surface area contributed by atoms with E-state index in [0.717, 1.165) is 32.1 Å². The molecule has 0 aromatic heterocycles. The number of anilines is 1. The zero-order valence-electron chi connectivity index (χ0n) is 11.8. The maximum absolute atomic E-state index is 10.9. The Morgan fingerprint density at radius 3 is 2.58 bits per heavy atom. The summed E-state index contributed by atoms with van der Waals surface area (Å²) in [4.78, 5) is 10.9. The van der Waals surface area contributed by atoms with Crippen LogP contribution in [0.2, 0.25) is 0 Å². The SMILES string of the molecule is CCc1cc(NC2CCC(C(=O)O)CC2)ccc1C. The molecule has 1 aliphatic rings. The molecule has 0 heterocycles. The summed E-state index contributed by atoms with van der Waals surface area (Å²) >= 11 is 0. The third kappa shape index (κ3) is 3.49. The van der Waals surface area contributed by atoms with Gasteiger partial charge in [0.1, 0.15) is 0 Å². The Hall–Kier alpha value is -1.51. The molecule has 0 bridgehead atoms. The lowest BCUT2D eigenvalue weighted by molar-refractivity contribution is -0.142. The fraction of sp³-hybridized carbons (Fsp3) is 0.562. The molecule has 1 saturated carbocycles. The van der Waals surface area contributed by atoms with E-state index in [4.69, 9.17) is 5.11 Å². The maximum atomic E-state index is 10.9. The van der Waals surface area contributed by atoms with Crippen molar-refractivity contribution in [3.05, 3.63) is 29.3 Å². The quantitative estimate of drug-likeness (QED) is 0.870. The number of carbonyl (C=O) groups is 1. The first-order valence-electron chi connectivity index (χ1n) is 7.19. The highest BCUT2D eigenvalue weighted by molar-refractivity contribution is 5.70. The van der Waals surface area contributed by atoms with E-state index in [9.17, 15) is 4.79 Å². The normalized spacial score (nSPS) is 23.1. The molecule has 0 saturated heterocycles. The van der Waals surface area contributed by atoms with Gasteiger partial charge in [-0.15, -0.1) is 0 Å². The van der Waals surface area contributed by atoms with Crippen LogP contribution in [0.1, 0.15) is 43.7 Å². The summed E-state index contributed by atoms with van der Waals surface area (Å²) in [6, 6.07) is 6.92. The van der Waals surface area contributed by atoms with Gasteiger partial charge in [-0.1, -0.05) is 13.0 Å². The average Bonchev–Trinajstić information content (AvgIpc) is 2.41. The van der Waals surface area contributed by atoms with E-state index in [1.54, 1.807) is 0 Å². The number of nitrogens with one attached hydrogen (secondary N) is 1. The fourth-order valence-electron chi connectivity index (χ4n) is 2.86. The van der Waals surface area contributed by atoms with Crippen molar-refractivity contribution in [3.8, 4) is 0 Å². The Kier molecular flexibility index (Phi) is 4.46. The van der Waals surface area contributed by atoms with E-state index in [1.807, 2.05) is 0 Å². The van der Waals surface area contributed by atoms with Crippen molar-refractivity contribution >= 4 is 11.7 Å². The first-order chi connectivity index (χ1) is 9.10. The van der Waals surface area contributed by atoms with Gasteiger partial charge in [0, 0.05) is 11.7 Å². The molecule has 104 valence electrons. The van der Waals surface area contributed by atoms with Crippen LogP contribution in [0.4, 0.5) is 5.69 Å². The smallest absolute Gasteiger partial charge is 0.306 e. The van der Waals surface area contributed by atoms with Crippen molar-refractivity contribution in [3.63, 3.8) is 0 Å². The number of aliphatic carboxylic acids is 1. The molecule has 0 radical (unpaired) electrons. The number of hydrogen-bond donors (Lipinski definition) is 2. The number of rotatable bonds is 4. The molecule has 2 rings (SSSR count). The summed E-state index contributed by atoms with van der Waals surface area (Å²) in [6.07, 6.45) is 4.53. The van der Waals surface area contributed by atoms with Gasteiger partial charge in [-0.2, -0.15) is 0 Å². The molecular formula is C16H23NO2. The van der Waals surface area contributed by atoms with Gasteiger partial charge in [0.25, 0.3) is 0 Å². The average molecular weight is 261 g/mol. The number of aryl methyl sites for hydroxylation is 2. The zero-order chi connectivity index (χ0) is 13.8. The van der Waals surface area contributed by atoms with Crippen molar-refractivity contribution in [1.82, 2.24) is 0 Å². The Labute approximate surface area is 115 Å². The van der Waals surface area contributed by atoms with E-state index in [1.165, 1.54) is 16.8 Å². The van der Waals surface area contributed by atoms with Crippen LogP contribution < -0.4 is 5.32 Å². The van der Waals surface area contributed by atoms with E-state index >= 15 is 0 Å². The van der Waals surface area contributed by atoms with Crippen molar-refractivity contribution in [2.75, 3.05) is 5.32 Å². The summed E-state index contributed by atoms with van der Waals surface area (Å²) in [6.45, 7) is 4.31. The third-order valence-corrected chi connectivity index (χ3v) is 4.18. The second-order valence-electron chi connectivity index (χ2n) is 5.53. The Bertz CT molecular complexity index is 448. The molecule has 1 aromatic carbocycles. The molecule has 1 fully saturated rings. The molecule has 0 spiro atoms. The van der Waals surface area contributed by atoms with Gasteiger partial charge in [0.15, 0.2) is 0 Å². The highest BCUT2D eigenvalue weighted by Crippen LogP contribution is 2.27. The summed E-state index contributed by atoms with van der Waals surface area (Å²) in [5, 5.41) is 12.5. The molecule has 0 unspecified atom stereocenters. The first kappa shape index (κ1) is 13.9. The molecule has 0 amide bonds. The van der Waals surface area contributed by atoms with E-state index in [-0.39, 0.29) is 5.92 Å². The van der Waals surface area contributed by atoms with Crippen LogP contribution in [-0.2, 0) is 11.2 Å². The minimum Gasteiger partial charge on any atom is -0.481 e. The van der Waals surface area contributed by atoms with Gasteiger partial charge in [-0.3, -0.25) is 4.79 Å². The largest absolute Gasteiger partial charge is 0.481 e. The van der Waals surface area contributed by atoms with Gasteiger partial charge >= 0.3 is 5.97 Å². The zero-order valence-corrected chi connectivity index (χ0v) is 11.8. The topological polar surface area (TPSA) is 49.3 Å². The van der Waals surface area contributed by atoms with Crippen molar-refractivity contribution in [2.24, 2.45) is 5.92 Å². The lowest BCUT2D eigenvalue weighted by Crippen LogP contribution is -2.29. The number of carboxylic acids is 1.